The lowest BCUT2D eigenvalue weighted by molar-refractivity contribution is -0.125. The molecule has 2 atom stereocenters. The third kappa shape index (κ3) is 5.54. The second-order valence-corrected chi connectivity index (χ2v) is 9.06. The van der Waals surface area contributed by atoms with Gasteiger partial charge in [0.1, 0.15) is 0 Å². The predicted molar refractivity (Wildman–Crippen MR) is 106 cm³/mol. The molecule has 0 radical (unpaired) electrons. The van der Waals surface area contributed by atoms with Crippen molar-refractivity contribution in [1.29, 1.82) is 0 Å². The molecule has 0 bridgehead atoms. The molecule has 1 aromatic carbocycles. The van der Waals surface area contributed by atoms with Crippen LogP contribution < -0.4 is 5.32 Å². The van der Waals surface area contributed by atoms with Crippen LogP contribution in [0.4, 0.5) is 0 Å². The molecule has 8 heteroatoms. The van der Waals surface area contributed by atoms with Gasteiger partial charge in [0.05, 0.1) is 10.5 Å². The van der Waals surface area contributed by atoms with E-state index in [1.54, 1.807) is 13.8 Å². The van der Waals surface area contributed by atoms with Gasteiger partial charge in [0.2, 0.25) is 10.0 Å². The van der Waals surface area contributed by atoms with Gasteiger partial charge in [0, 0.05) is 19.1 Å². The summed E-state index contributed by atoms with van der Waals surface area (Å²) in [4.78, 5) is 24.3. The molecule has 1 amide bonds. The molecule has 28 heavy (non-hydrogen) atoms. The first-order valence-corrected chi connectivity index (χ1v) is 11.3. The molecule has 1 aliphatic carbocycles. The molecular formula is C20H30N2O5S. The van der Waals surface area contributed by atoms with Gasteiger partial charge in [-0.05, 0) is 43.0 Å². The quantitative estimate of drug-likeness (QED) is 0.665. The van der Waals surface area contributed by atoms with Crippen LogP contribution in [0.1, 0.15) is 56.8 Å². The van der Waals surface area contributed by atoms with E-state index in [-0.39, 0.29) is 29.0 Å². The summed E-state index contributed by atoms with van der Waals surface area (Å²) in [6.07, 6.45) is 4.32. The maximum absolute atomic E-state index is 12.5. The van der Waals surface area contributed by atoms with Crippen LogP contribution in [0.15, 0.2) is 29.2 Å². The molecule has 0 spiro atoms. The molecule has 156 valence electrons. The van der Waals surface area contributed by atoms with Gasteiger partial charge in [-0.25, -0.2) is 13.2 Å². The van der Waals surface area contributed by atoms with Crippen LogP contribution >= 0.6 is 0 Å². The van der Waals surface area contributed by atoms with E-state index in [0.717, 1.165) is 19.3 Å². The molecule has 0 aliphatic heterocycles. The lowest BCUT2D eigenvalue weighted by atomic mass is 9.86. The minimum absolute atomic E-state index is 0.122. The Hall–Kier alpha value is -1.93. The van der Waals surface area contributed by atoms with Crippen LogP contribution in [0, 0.1) is 5.92 Å². The van der Waals surface area contributed by atoms with Gasteiger partial charge in [0.15, 0.2) is 6.61 Å². The average molecular weight is 411 g/mol. The van der Waals surface area contributed by atoms with Crippen molar-refractivity contribution in [2.75, 3.05) is 19.7 Å². The minimum Gasteiger partial charge on any atom is -0.452 e. The minimum atomic E-state index is -3.57. The number of ether oxygens (including phenoxy) is 1. The highest BCUT2D eigenvalue weighted by Crippen LogP contribution is 2.23. The molecular weight excluding hydrogens is 380 g/mol. The van der Waals surface area contributed by atoms with E-state index in [9.17, 15) is 18.0 Å². The molecule has 1 N–H and O–H groups in total. The molecule has 7 nitrogen and oxygen atoms in total. The van der Waals surface area contributed by atoms with Crippen molar-refractivity contribution in [2.24, 2.45) is 5.92 Å². The Morgan fingerprint density at radius 2 is 1.71 bits per heavy atom. The highest BCUT2D eigenvalue weighted by atomic mass is 32.2. The molecule has 1 saturated carbocycles. The number of nitrogens with zero attached hydrogens (tertiary/aromatic N) is 1. The SMILES string of the molecule is CCN(CC)S(=O)(=O)c1ccc(C(=O)OCC(=O)N[C@H]2CCCC[C@@H]2C)cc1. The van der Waals surface area contributed by atoms with Crippen molar-refractivity contribution in [1.82, 2.24) is 9.62 Å². The van der Waals surface area contributed by atoms with E-state index in [1.807, 2.05) is 0 Å². The van der Waals surface area contributed by atoms with Gasteiger partial charge in [-0.2, -0.15) is 4.31 Å². The number of sulfonamides is 1. The third-order valence-corrected chi connectivity index (χ3v) is 7.29. The number of nitrogens with one attached hydrogen (secondary N) is 1. The predicted octanol–water partition coefficient (Wildman–Crippen LogP) is 2.57. The van der Waals surface area contributed by atoms with Crippen LogP contribution in [0.2, 0.25) is 0 Å². The number of amides is 1. The number of hydrogen-bond acceptors (Lipinski definition) is 5. The summed E-state index contributed by atoms with van der Waals surface area (Å²) < 4.78 is 31.3. The van der Waals surface area contributed by atoms with Crippen molar-refractivity contribution in [2.45, 2.75) is 57.4 Å². The second kappa shape index (κ2) is 10.0. The van der Waals surface area contributed by atoms with Gasteiger partial charge in [-0.3, -0.25) is 4.79 Å². The first-order chi connectivity index (χ1) is 13.3. The fourth-order valence-corrected chi connectivity index (χ4v) is 4.93. The monoisotopic (exact) mass is 410 g/mol. The highest BCUT2D eigenvalue weighted by Gasteiger charge is 2.24. The zero-order chi connectivity index (χ0) is 20.7. The third-order valence-electron chi connectivity index (χ3n) is 5.23. The van der Waals surface area contributed by atoms with Crippen LogP contribution in [0.3, 0.4) is 0 Å². The van der Waals surface area contributed by atoms with E-state index in [0.29, 0.717) is 19.0 Å². The van der Waals surface area contributed by atoms with Gasteiger partial charge in [-0.1, -0.05) is 33.6 Å². The Morgan fingerprint density at radius 3 is 2.29 bits per heavy atom. The van der Waals surface area contributed by atoms with Crippen molar-refractivity contribution in [3.8, 4) is 0 Å². The summed E-state index contributed by atoms with van der Waals surface area (Å²) in [5.41, 5.74) is 0.206. The number of carbonyl (C=O) groups is 2. The molecule has 2 rings (SSSR count). The van der Waals surface area contributed by atoms with Gasteiger partial charge in [0.25, 0.3) is 5.91 Å². The van der Waals surface area contributed by atoms with Crippen molar-refractivity contribution < 1.29 is 22.7 Å². The Morgan fingerprint density at radius 1 is 1.11 bits per heavy atom. The van der Waals surface area contributed by atoms with Crippen LogP contribution in [0.5, 0.6) is 0 Å². The summed E-state index contributed by atoms with van der Waals surface area (Å²) >= 11 is 0. The Labute approximate surface area is 167 Å². The summed E-state index contributed by atoms with van der Waals surface area (Å²) in [5, 5.41) is 2.93. The summed E-state index contributed by atoms with van der Waals surface area (Å²) in [6, 6.07) is 5.70. The largest absolute Gasteiger partial charge is 0.452 e. The second-order valence-electron chi connectivity index (χ2n) is 7.13. The van der Waals surface area contributed by atoms with Gasteiger partial charge in [-0.15, -0.1) is 0 Å². The van der Waals surface area contributed by atoms with Crippen LogP contribution in [-0.2, 0) is 19.6 Å². The first kappa shape index (κ1) is 22.4. The normalized spacial score (nSPS) is 20.0. The number of carbonyl (C=O) groups excluding carboxylic acids is 2. The first-order valence-electron chi connectivity index (χ1n) is 9.86. The molecule has 0 saturated heterocycles. The molecule has 0 unspecified atom stereocenters. The van der Waals surface area contributed by atoms with Gasteiger partial charge >= 0.3 is 5.97 Å². The number of rotatable bonds is 8. The Bertz CT molecular complexity index is 772. The number of esters is 1. The fourth-order valence-electron chi connectivity index (χ4n) is 3.47. The van der Waals surface area contributed by atoms with Crippen molar-refractivity contribution >= 4 is 21.9 Å². The van der Waals surface area contributed by atoms with E-state index < -0.39 is 16.0 Å². The Balaban J connectivity index is 1.91. The van der Waals surface area contributed by atoms with E-state index in [2.05, 4.69) is 12.2 Å². The number of benzene rings is 1. The summed E-state index contributed by atoms with van der Waals surface area (Å²) in [7, 11) is -3.57. The maximum Gasteiger partial charge on any atom is 0.338 e. The fraction of sp³-hybridized carbons (Fsp3) is 0.600. The highest BCUT2D eigenvalue weighted by molar-refractivity contribution is 7.89. The molecule has 0 heterocycles. The van der Waals surface area contributed by atoms with Crippen LogP contribution in [0.25, 0.3) is 0 Å². The lowest BCUT2D eigenvalue weighted by Gasteiger charge is -2.29. The molecule has 0 aromatic heterocycles. The summed E-state index contributed by atoms with van der Waals surface area (Å²) in [5.74, 6) is -0.542. The van der Waals surface area contributed by atoms with Crippen molar-refractivity contribution in [3.05, 3.63) is 29.8 Å². The maximum atomic E-state index is 12.5. The van der Waals surface area contributed by atoms with E-state index >= 15 is 0 Å². The summed E-state index contributed by atoms with van der Waals surface area (Å²) in [6.45, 7) is 6.05. The number of hydrogen-bond donors (Lipinski definition) is 1. The smallest absolute Gasteiger partial charge is 0.338 e. The average Bonchev–Trinajstić information content (AvgIpc) is 2.68. The molecule has 1 fully saturated rings. The van der Waals surface area contributed by atoms with E-state index in [4.69, 9.17) is 4.74 Å². The van der Waals surface area contributed by atoms with Gasteiger partial charge < -0.3 is 10.1 Å². The topological polar surface area (TPSA) is 92.8 Å². The zero-order valence-corrected chi connectivity index (χ0v) is 17.6. The van der Waals surface area contributed by atoms with Crippen molar-refractivity contribution in [3.63, 3.8) is 0 Å². The Kier molecular flexibility index (Phi) is 8.00. The zero-order valence-electron chi connectivity index (χ0n) is 16.8. The van der Waals surface area contributed by atoms with Crippen LogP contribution in [-0.4, -0.2) is 50.3 Å². The standard InChI is InChI=1S/C20H30N2O5S/c1-4-22(5-2)28(25,26)17-12-10-16(11-13-17)20(24)27-14-19(23)21-18-9-7-6-8-15(18)3/h10-13,15,18H,4-9,14H2,1-3H3,(H,21,23)/t15-,18-/m0/s1. The van der Waals surface area contributed by atoms with E-state index in [1.165, 1.54) is 35.0 Å². The molecule has 1 aromatic rings. The molecule has 1 aliphatic rings. The lowest BCUT2D eigenvalue weighted by Crippen LogP contribution is -2.42.